The predicted molar refractivity (Wildman–Crippen MR) is 128 cm³/mol. The zero-order chi connectivity index (χ0) is 23.5. The fraction of sp³-hybridized carbons (Fsp3) is 0.148. The Labute approximate surface area is 191 Å². The summed E-state index contributed by atoms with van der Waals surface area (Å²) in [5.74, 6) is 1.17. The SMILES string of the molecule is C=C[C@@H](c1ccc(O)c(OC)c1)c1c(OC)cc(OC)c2c(=O)cc(-c3ccccc3)oc12. The number of fused-ring (bicyclic) bond motifs is 1. The van der Waals surface area contributed by atoms with E-state index in [4.69, 9.17) is 18.6 Å². The smallest absolute Gasteiger partial charge is 0.197 e. The Morgan fingerprint density at radius 1 is 0.909 bits per heavy atom. The largest absolute Gasteiger partial charge is 0.504 e. The summed E-state index contributed by atoms with van der Waals surface area (Å²) < 4.78 is 22.8. The van der Waals surface area contributed by atoms with Crippen molar-refractivity contribution in [1.29, 1.82) is 0 Å². The molecule has 0 spiro atoms. The lowest BCUT2D eigenvalue weighted by atomic mass is 9.88. The van der Waals surface area contributed by atoms with Crippen LogP contribution in [0, 0.1) is 0 Å². The molecule has 0 aliphatic heterocycles. The monoisotopic (exact) mass is 444 g/mol. The molecule has 0 unspecified atom stereocenters. The standard InChI is InChI=1S/C27H24O6/c1-5-18(17-11-12-19(28)22(13-17)30-2)25-23(31-3)15-24(32-4)26-20(29)14-21(33-27(25)26)16-9-7-6-8-10-16/h5-15,18,28H,1H2,2-4H3/t18-/m0/s1. The molecular formula is C27H24O6. The van der Waals surface area contributed by atoms with Gasteiger partial charge in [-0.2, -0.15) is 0 Å². The van der Waals surface area contributed by atoms with Crippen LogP contribution in [0.5, 0.6) is 23.0 Å². The van der Waals surface area contributed by atoms with E-state index in [0.29, 0.717) is 39.5 Å². The maximum Gasteiger partial charge on any atom is 0.197 e. The van der Waals surface area contributed by atoms with Gasteiger partial charge in [0, 0.05) is 29.2 Å². The number of phenols is 1. The molecule has 0 bridgehead atoms. The van der Waals surface area contributed by atoms with Crippen LogP contribution >= 0.6 is 0 Å². The van der Waals surface area contributed by atoms with E-state index in [2.05, 4.69) is 6.58 Å². The third-order valence-electron chi connectivity index (χ3n) is 5.57. The molecule has 1 heterocycles. The maximum absolute atomic E-state index is 13.2. The zero-order valence-corrected chi connectivity index (χ0v) is 18.6. The van der Waals surface area contributed by atoms with Crippen LogP contribution in [0.15, 0.2) is 82.5 Å². The fourth-order valence-electron chi connectivity index (χ4n) is 3.97. The van der Waals surface area contributed by atoms with Crippen LogP contribution in [0.4, 0.5) is 0 Å². The van der Waals surface area contributed by atoms with Gasteiger partial charge in [-0.25, -0.2) is 0 Å². The number of hydrogen-bond acceptors (Lipinski definition) is 6. The van der Waals surface area contributed by atoms with Gasteiger partial charge in [-0.1, -0.05) is 42.5 Å². The van der Waals surface area contributed by atoms with Crippen molar-refractivity contribution in [2.75, 3.05) is 21.3 Å². The second-order valence-electron chi connectivity index (χ2n) is 7.38. The number of methoxy groups -OCH3 is 3. The van der Waals surface area contributed by atoms with E-state index in [1.54, 1.807) is 37.5 Å². The number of hydrogen-bond donors (Lipinski definition) is 1. The summed E-state index contributed by atoms with van der Waals surface area (Å²) in [6, 6.07) is 17.6. The van der Waals surface area contributed by atoms with E-state index >= 15 is 0 Å². The Hall–Kier alpha value is -4.19. The van der Waals surface area contributed by atoms with E-state index in [0.717, 1.165) is 11.1 Å². The van der Waals surface area contributed by atoms with E-state index < -0.39 is 5.92 Å². The quantitative estimate of drug-likeness (QED) is 0.379. The molecule has 1 atom stereocenters. The molecule has 33 heavy (non-hydrogen) atoms. The van der Waals surface area contributed by atoms with Gasteiger partial charge in [0.15, 0.2) is 16.9 Å². The van der Waals surface area contributed by atoms with E-state index in [1.165, 1.54) is 20.3 Å². The number of aromatic hydroxyl groups is 1. The van der Waals surface area contributed by atoms with Crippen molar-refractivity contribution in [2.45, 2.75) is 5.92 Å². The molecule has 6 heteroatoms. The van der Waals surface area contributed by atoms with Crippen molar-refractivity contribution in [3.8, 4) is 34.3 Å². The van der Waals surface area contributed by atoms with Crippen LogP contribution in [-0.4, -0.2) is 26.4 Å². The molecule has 0 aliphatic rings. The van der Waals surface area contributed by atoms with Crippen LogP contribution in [0.1, 0.15) is 17.0 Å². The molecule has 1 N–H and O–H groups in total. The average molecular weight is 444 g/mol. The minimum atomic E-state index is -0.433. The predicted octanol–water partition coefficient (Wildman–Crippen LogP) is 5.51. The summed E-state index contributed by atoms with van der Waals surface area (Å²) in [4.78, 5) is 13.2. The number of phenolic OH excluding ortho intramolecular Hbond substituents is 1. The molecular weight excluding hydrogens is 420 g/mol. The molecule has 1 aromatic heterocycles. The summed E-state index contributed by atoms with van der Waals surface area (Å²) in [5.41, 5.74) is 2.27. The van der Waals surface area contributed by atoms with E-state index in [-0.39, 0.29) is 11.2 Å². The van der Waals surface area contributed by atoms with Crippen LogP contribution in [0.3, 0.4) is 0 Å². The van der Waals surface area contributed by atoms with Gasteiger partial charge in [0.2, 0.25) is 0 Å². The lowest BCUT2D eigenvalue weighted by Crippen LogP contribution is -2.09. The minimum absolute atomic E-state index is 0.0218. The van der Waals surface area contributed by atoms with Gasteiger partial charge >= 0.3 is 0 Å². The molecule has 4 rings (SSSR count). The number of ether oxygens (including phenoxy) is 3. The van der Waals surface area contributed by atoms with Gasteiger partial charge < -0.3 is 23.7 Å². The summed E-state index contributed by atoms with van der Waals surface area (Å²) >= 11 is 0. The van der Waals surface area contributed by atoms with Gasteiger partial charge in [0.05, 0.1) is 21.3 Å². The second-order valence-corrected chi connectivity index (χ2v) is 7.38. The Bertz CT molecular complexity index is 1370. The van der Waals surface area contributed by atoms with Gasteiger partial charge in [-0.05, 0) is 17.7 Å². The third-order valence-corrected chi connectivity index (χ3v) is 5.57. The van der Waals surface area contributed by atoms with Gasteiger partial charge in [-0.15, -0.1) is 6.58 Å². The van der Waals surface area contributed by atoms with Gasteiger partial charge in [0.25, 0.3) is 0 Å². The van der Waals surface area contributed by atoms with Gasteiger partial charge in [-0.3, -0.25) is 4.79 Å². The second kappa shape index (κ2) is 9.12. The van der Waals surface area contributed by atoms with Crippen molar-refractivity contribution in [3.63, 3.8) is 0 Å². The Morgan fingerprint density at radius 2 is 1.61 bits per heavy atom. The number of allylic oxidation sites excluding steroid dienone is 1. The highest BCUT2D eigenvalue weighted by Crippen LogP contribution is 2.43. The third kappa shape index (κ3) is 3.91. The van der Waals surface area contributed by atoms with Crippen LogP contribution < -0.4 is 19.6 Å². The topological polar surface area (TPSA) is 78.1 Å². The first kappa shape index (κ1) is 22.0. The van der Waals surface area contributed by atoms with Crippen molar-refractivity contribution in [2.24, 2.45) is 0 Å². The Morgan fingerprint density at radius 3 is 2.24 bits per heavy atom. The fourth-order valence-corrected chi connectivity index (χ4v) is 3.97. The molecule has 3 aromatic carbocycles. The first-order valence-electron chi connectivity index (χ1n) is 10.3. The summed E-state index contributed by atoms with van der Waals surface area (Å²) in [6.45, 7) is 4.01. The number of benzene rings is 3. The van der Waals surface area contributed by atoms with Crippen molar-refractivity contribution >= 4 is 11.0 Å². The molecule has 0 fully saturated rings. The first-order chi connectivity index (χ1) is 16.0. The average Bonchev–Trinajstić information content (AvgIpc) is 2.85. The Kier molecular flexibility index (Phi) is 6.09. The van der Waals surface area contributed by atoms with Crippen molar-refractivity contribution < 1.29 is 23.7 Å². The van der Waals surface area contributed by atoms with Crippen molar-refractivity contribution in [1.82, 2.24) is 0 Å². The van der Waals surface area contributed by atoms with Crippen LogP contribution in [-0.2, 0) is 0 Å². The molecule has 4 aromatic rings. The molecule has 0 amide bonds. The molecule has 6 nitrogen and oxygen atoms in total. The highest BCUT2D eigenvalue weighted by Gasteiger charge is 2.26. The lowest BCUT2D eigenvalue weighted by Gasteiger charge is -2.21. The summed E-state index contributed by atoms with van der Waals surface area (Å²) in [7, 11) is 4.52. The Balaban J connectivity index is 2.08. The molecule has 0 saturated heterocycles. The lowest BCUT2D eigenvalue weighted by molar-refractivity contribution is 0.372. The van der Waals surface area contributed by atoms with Crippen LogP contribution in [0.25, 0.3) is 22.3 Å². The molecule has 0 saturated carbocycles. The highest BCUT2D eigenvalue weighted by atomic mass is 16.5. The maximum atomic E-state index is 13.2. The highest BCUT2D eigenvalue weighted by molar-refractivity contribution is 5.90. The van der Waals surface area contributed by atoms with E-state index in [9.17, 15) is 9.90 Å². The molecule has 0 aliphatic carbocycles. The molecule has 168 valence electrons. The van der Waals surface area contributed by atoms with Crippen molar-refractivity contribution in [3.05, 3.63) is 94.7 Å². The first-order valence-corrected chi connectivity index (χ1v) is 10.3. The number of rotatable bonds is 7. The van der Waals surface area contributed by atoms with Gasteiger partial charge in [0.1, 0.15) is 28.2 Å². The summed E-state index contributed by atoms with van der Waals surface area (Å²) in [5, 5.41) is 10.4. The minimum Gasteiger partial charge on any atom is -0.504 e. The van der Waals surface area contributed by atoms with E-state index in [1.807, 2.05) is 30.3 Å². The van der Waals surface area contributed by atoms with Crippen LogP contribution in [0.2, 0.25) is 0 Å². The summed E-state index contributed by atoms with van der Waals surface area (Å²) in [6.07, 6.45) is 1.73. The zero-order valence-electron chi connectivity index (χ0n) is 18.6. The normalized spacial score (nSPS) is 11.7. The molecule has 0 radical (unpaired) electrons.